The molecule has 1 aromatic heterocycles. The Morgan fingerprint density at radius 2 is 1.74 bits per heavy atom. The number of likely N-dealkylation sites (N-methyl/N-ethyl adjacent to an activating group) is 1. The number of unbranched alkanes of at least 4 members (excludes halogenated alkanes) is 1. The first kappa shape index (κ1) is 32.3. The van der Waals surface area contributed by atoms with Gasteiger partial charge in [0.2, 0.25) is 5.91 Å². The lowest BCUT2D eigenvalue weighted by Crippen LogP contribution is -2.56. The summed E-state index contributed by atoms with van der Waals surface area (Å²) in [6.45, 7) is 4.48. The highest BCUT2D eigenvalue weighted by Gasteiger charge is 2.31. The highest BCUT2D eigenvalue weighted by atomic mass is 16.6. The molecular weight excluding hydrogens is 542 g/mol. The van der Waals surface area contributed by atoms with Crippen LogP contribution in [0.25, 0.3) is 11.3 Å². The first-order valence-corrected chi connectivity index (χ1v) is 14.2. The van der Waals surface area contributed by atoms with E-state index in [9.17, 15) is 24.3 Å². The Morgan fingerprint density at radius 1 is 1.05 bits per heavy atom. The second-order valence-electron chi connectivity index (χ2n) is 10.1. The van der Waals surface area contributed by atoms with Crippen LogP contribution >= 0.6 is 0 Å². The molecule has 3 rings (SSSR count). The van der Waals surface area contributed by atoms with Crippen LogP contribution in [0.3, 0.4) is 0 Å². The number of piperazine rings is 1. The number of carbonyl (C=O) groups is 4. The van der Waals surface area contributed by atoms with E-state index < -0.39 is 29.9 Å². The van der Waals surface area contributed by atoms with Gasteiger partial charge in [-0.3, -0.25) is 14.4 Å². The lowest BCUT2D eigenvalue weighted by atomic mass is 10.1. The second kappa shape index (κ2) is 16.3. The number of hydrogen-bond donors (Lipinski definition) is 2. The van der Waals surface area contributed by atoms with Crippen LogP contribution in [-0.2, 0) is 19.1 Å². The molecule has 2 N–H and O–H groups in total. The van der Waals surface area contributed by atoms with Gasteiger partial charge in [-0.05, 0) is 25.0 Å². The van der Waals surface area contributed by atoms with E-state index in [0.717, 1.165) is 24.1 Å². The van der Waals surface area contributed by atoms with Crippen molar-refractivity contribution in [3.05, 3.63) is 48.2 Å². The van der Waals surface area contributed by atoms with E-state index in [4.69, 9.17) is 9.47 Å². The maximum absolute atomic E-state index is 13.5. The fourth-order valence-electron chi connectivity index (χ4n) is 4.45. The summed E-state index contributed by atoms with van der Waals surface area (Å²) >= 11 is 0. The third-order valence-corrected chi connectivity index (χ3v) is 7.01. The summed E-state index contributed by atoms with van der Waals surface area (Å²) in [5.74, 6) is -2.07. The van der Waals surface area contributed by atoms with Gasteiger partial charge in [0.05, 0.1) is 18.9 Å². The van der Waals surface area contributed by atoms with Gasteiger partial charge in [0, 0.05) is 64.6 Å². The standard InChI is InChI=1S/C30H41N5O7/c1-4-5-18-42-30(40)35-15-13-34(14-16-35)29(39)24(11-12-27(36)37)32-28(38)26-21-23(33(2)17-19-41-3)20-25(31-26)22-9-7-6-8-10-22/h6-10,20-21,24H,4-5,11-19H2,1-3H3,(H,32,38)(H,36,37)/t24-/m0/s1. The maximum atomic E-state index is 13.5. The number of nitrogens with one attached hydrogen (secondary N) is 1. The molecule has 0 unspecified atom stereocenters. The summed E-state index contributed by atoms with van der Waals surface area (Å²) in [6, 6.07) is 11.9. The first-order valence-electron chi connectivity index (χ1n) is 14.2. The number of carboxylic acid groups (broad SMARTS) is 1. The Bertz CT molecular complexity index is 1200. The molecule has 0 spiro atoms. The fourth-order valence-corrected chi connectivity index (χ4v) is 4.45. The lowest BCUT2D eigenvalue weighted by molar-refractivity contribution is -0.138. The molecule has 12 nitrogen and oxygen atoms in total. The predicted octanol–water partition coefficient (Wildman–Crippen LogP) is 2.88. The molecule has 2 aromatic rings. The highest BCUT2D eigenvalue weighted by Crippen LogP contribution is 2.24. The van der Waals surface area contributed by atoms with Gasteiger partial charge in [-0.2, -0.15) is 0 Å². The van der Waals surface area contributed by atoms with Crippen LogP contribution in [0.5, 0.6) is 0 Å². The molecule has 42 heavy (non-hydrogen) atoms. The van der Waals surface area contributed by atoms with Crippen molar-refractivity contribution in [1.29, 1.82) is 0 Å². The average molecular weight is 584 g/mol. The van der Waals surface area contributed by atoms with Gasteiger partial charge >= 0.3 is 12.1 Å². The van der Waals surface area contributed by atoms with E-state index in [-0.39, 0.29) is 44.7 Å². The molecule has 0 saturated carbocycles. The van der Waals surface area contributed by atoms with Crippen molar-refractivity contribution in [2.24, 2.45) is 0 Å². The number of hydrogen-bond acceptors (Lipinski definition) is 8. The van der Waals surface area contributed by atoms with Crippen molar-refractivity contribution in [2.75, 3.05) is 65.0 Å². The van der Waals surface area contributed by atoms with Crippen LogP contribution in [0.2, 0.25) is 0 Å². The highest BCUT2D eigenvalue weighted by molar-refractivity contribution is 5.97. The van der Waals surface area contributed by atoms with Gasteiger partial charge in [0.1, 0.15) is 11.7 Å². The topological polar surface area (TPSA) is 142 Å². The maximum Gasteiger partial charge on any atom is 0.409 e. The van der Waals surface area contributed by atoms with E-state index in [1.165, 1.54) is 0 Å². The van der Waals surface area contributed by atoms with Gasteiger partial charge in [-0.15, -0.1) is 0 Å². The SMILES string of the molecule is CCCCOC(=O)N1CCN(C(=O)[C@H](CCC(=O)O)NC(=O)c2cc(N(C)CCOC)cc(-c3ccccc3)n2)CC1. The van der Waals surface area contributed by atoms with Crippen LogP contribution < -0.4 is 10.2 Å². The molecule has 3 amide bonds. The normalized spacial score (nSPS) is 13.8. The number of ether oxygens (including phenoxy) is 2. The molecule has 1 aliphatic rings. The third-order valence-electron chi connectivity index (χ3n) is 7.01. The summed E-state index contributed by atoms with van der Waals surface area (Å²) in [5.41, 5.74) is 2.24. The Balaban J connectivity index is 1.77. The van der Waals surface area contributed by atoms with E-state index >= 15 is 0 Å². The van der Waals surface area contributed by atoms with Crippen LogP contribution in [-0.4, -0.2) is 110 Å². The van der Waals surface area contributed by atoms with E-state index in [1.807, 2.05) is 55.3 Å². The monoisotopic (exact) mass is 583 g/mol. The average Bonchev–Trinajstić information content (AvgIpc) is 3.01. The molecule has 0 bridgehead atoms. The molecule has 1 aromatic carbocycles. The summed E-state index contributed by atoms with van der Waals surface area (Å²) in [7, 11) is 3.49. The molecule has 0 radical (unpaired) electrons. The molecule has 1 saturated heterocycles. The summed E-state index contributed by atoms with van der Waals surface area (Å²) in [4.78, 5) is 60.3. The van der Waals surface area contributed by atoms with E-state index in [0.29, 0.717) is 25.5 Å². The largest absolute Gasteiger partial charge is 0.481 e. The zero-order chi connectivity index (χ0) is 30.5. The summed E-state index contributed by atoms with van der Waals surface area (Å²) in [5, 5.41) is 12.0. The van der Waals surface area contributed by atoms with Gasteiger partial charge in [0.25, 0.3) is 5.91 Å². The lowest BCUT2D eigenvalue weighted by Gasteiger charge is -2.36. The number of carbonyl (C=O) groups excluding carboxylic acids is 3. The molecule has 1 fully saturated rings. The number of anilines is 1. The molecule has 1 aliphatic heterocycles. The number of benzene rings is 1. The minimum absolute atomic E-state index is 0.0852. The Hall–Kier alpha value is -4.19. The zero-order valence-electron chi connectivity index (χ0n) is 24.6. The predicted molar refractivity (Wildman–Crippen MR) is 157 cm³/mol. The number of aliphatic carboxylic acids is 1. The van der Waals surface area contributed by atoms with Crippen LogP contribution in [0, 0.1) is 0 Å². The second-order valence-corrected chi connectivity index (χ2v) is 10.1. The molecule has 0 aliphatic carbocycles. The van der Waals surface area contributed by atoms with Crippen LogP contribution in [0.15, 0.2) is 42.5 Å². The molecule has 228 valence electrons. The third kappa shape index (κ3) is 9.44. The Kier molecular flexibility index (Phi) is 12.5. The molecule has 2 heterocycles. The van der Waals surface area contributed by atoms with Crippen molar-refractivity contribution in [2.45, 2.75) is 38.6 Å². The number of methoxy groups -OCH3 is 1. The number of rotatable bonds is 14. The molecule has 12 heteroatoms. The first-order chi connectivity index (χ1) is 20.2. The van der Waals surface area contributed by atoms with Gasteiger partial charge < -0.3 is 34.6 Å². The van der Waals surface area contributed by atoms with E-state index in [2.05, 4.69) is 10.3 Å². The van der Waals surface area contributed by atoms with Gasteiger partial charge in [-0.1, -0.05) is 43.7 Å². The fraction of sp³-hybridized carbons (Fsp3) is 0.500. The summed E-state index contributed by atoms with van der Waals surface area (Å²) < 4.78 is 10.5. The van der Waals surface area contributed by atoms with Crippen LogP contribution in [0.4, 0.5) is 10.5 Å². The number of amides is 3. The minimum Gasteiger partial charge on any atom is -0.481 e. The van der Waals surface area contributed by atoms with Crippen molar-refractivity contribution >= 4 is 29.6 Å². The number of pyridine rings is 1. The number of nitrogens with zero attached hydrogens (tertiary/aromatic N) is 4. The molecular formula is C30H41N5O7. The van der Waals surface area contributed by atoms with Crippen molar-refractivity contribution < 1.29 is 33.8 Å². The number of carboxylic acids is 1. The smallest absolute Gasteiger partial charge is 0.409 e. The molecule has 1 atom stereocenters. The van der Waals surface area contributed by atoms with Crippen molar-refractivity contribution in [3.63, 3.8) is 0 Å². The quantitative estimate of drug-likeness (QED) is 0.321. The van der Waals surface area contributed by atoms with Crippen LogP contribution in [0.1, 0.15) is 43.1 Å². The van der Waals surface area contributed by atoms with E-state index in [1.54, 1.807) is 23.0 Å². The Morgan fingerprint density at radius 3 is 2.38 bits per heavy atom. The summed E-state index contributed by atoms with van der Waals surface area (Å²) in [6.07, 6.45) is 0.892. The minimum atomic E-state index is -1.08. The Labute approximate surface area is 246 Å². The van der Waals surface area contributed by atoms with Crippen molar-refractivity contribution in [3.8, 4) is 11.3 Å². The van der Waals surface area contributed by atoms with Crippen molar-refractivity contribution in [1.82, 2.24) is 20.1 Å². The van der Waals surface area contributed by atoms with Gasteiger partial charge in [0.15, 0.2) is 0 Å². The zero-order valence-corrected chi connectivity index (χ0v) is 24.6. The van der Waals surface area contributed by atoms with Gasteiger partial charge in [-0.25, -0.2) is 9.78 Å². The number of aromatic nitrogens is 1.